The summed E-state index contributed by atoms with van der Waals surface area (Å²) in [5.74, 6) is 1.94. The van der Waals surface area contributed by atoms with Gasteiger partial charge in [-0.05, 0) is 68.8 Å². The van der Waals surface area contributed by atoms with Gasteiger partial charge in [0.25, 0.3) is 0 Å². The van der Waals surface area contributed by atoms with Crippen LogP contribution in [0.15, 0.2) is 24.5 Å². The zero-order valence-electron chi connectivity index (χ0n) is 15.5. The minimum absolute atomic E-state index is 0.389. The maximum atomic E-state index is 5.84. The van der Waals surface area contributed by atoms with Crippen molar-refractivity contribution in [2.75, 3.05) is 22.9 Å². The number of rotatable bonds is 5. The maximum absolute atomic E-state index is 5.84. The summed E-state index contributed by atoms with van der Waals surface area (Å²) in [6, 6.07) is 6.10. The molecule has 8 heteroatoms. The number of nitrogen functional groups attached to an aromatic ring is 1. The number of H-pyrrole nitrogens is 1. The van der Waals surface area contributed by atoms with Gasteiger partial charge in [0.2, 0.25) is 5.95 Å². The molecule has 1 fully saturated rings. The van der Waals surface area contributed by atoms with Crippen LogP contribution in [0.1, 0.15) is 31.2 Å². The van der Waals surface area contributed by atoms with E-state index < -0.39 is 0 Å². The fourth-order valence-corrected chi connectivity index (χ4v) is 3.68. The van der Waals surface area contributed by atoms with E-state index >= 15 is 0 Å². The van der Waals surface area contributed by atoms with E-state index in [-0.39, 0.29) is 0 Å². The van der Waals surface area contributed by atoms with Crippen molar-refractivity contribution >= 4 is 34.3 Å². The number of benzene rings is 1. The van der Waals surface area contributed by atoms with Crippen LogP contribution in [0.3, 0.4) is 0 Å². The van der Waals surface area contributed by atoms with E-state index in [9.17, 15) is 0 Å². The molecule has 0 atom stereocenters. The molecule has 1 aromatic carbocycles. The summed E-state index contributed by atoms with van der Waals surface area (Å²) < 4.78 is 0. The summed E-state index contributed by atoms with van der Waals surface area (Å²) in [6.45, 7) is 2.78. The van der Waals surface area contributed by atoms with E-state index in [1.54, 1.807) is 6.33 Å². The molecule has 142 valence electrons. The number of fused-ring (bicyclic) bond motifs is 1. The van der Waals surface area contributed by atoms with Crippen LogP contribution >= 0.6 is 0 Å². The van der Waals surface area contributed by atoms with Crippen molar-refractivity contribution in [2.24, 2.45) is 11.7 Å². The molecule has 3 aromatic rings. The second kappa shape index (κ2) is 7.40. The van der Waals surface area contributed by atoms with E-state index in [0.717, 1.165) is 60.5 Å². The van der Waals surface area contributed by atoms with Crippen molar-refractivity contribution in [2.45, 2.75) is 38.6 Å². The van der Waals surface area contributed by atoms with E-state index in [4.69, 9.17) is 16.5 Å². The normalized spacial score (nSPS) is 19.9. The van der Waals surface area contributed by atoms with Gasteiger partial charge in [0.1, 0.15) is 5.52 Å². The molecule has 8 nitrogen and oxygen atoms in total. The van der Waals surface area contributed by atoms with Gasteiger partial charge in [-0.2, -0.15) is 9.97 Å². The molecule has 7 N–H and O–H groups in total. The average Bonchev–Trinajstić information content (AvgIpc) is 3.14. The molecular formula is C19H26N8. The molecule has 0 unspecified atom stereocenters. The molecule has 0 radical (unpaired) electrons. The monoisotopic (exact) mass is 366 g/mol. The second-order valence-corrected chi connectivity index (χ2v) is 7.29. The fraction of sp³-hybridized carbons (Fsp3) is 0.421. The maximum Gasteiger partial charge on any atom is 0.231 e. The highest BCUT2D eigenvalue weighted by Gasteiger charge is 2.22. The van der Waals surface area contributed by atoms with Gasteiger partial charge in [-0.3, -0.25) is 0 Å². The lowest BCUT2D eigenvalue weighted by Gasteiger charge is -2.28. The highest BCUT2D eigenvalue weighted by atomic mass is 15.2. The van der Waals surface area contributed by atoms with Gasteiger partial charge >= 0.3 is 0 Å². The Morgan fingerprint density at radius 3 is 2.74 bits per heavy atom. The number of nitrogens with two attached hydrogens (primary N) is 2. The molecule has 1 aliphatic rings. The van der Waals surface area contributed by atoms with Crippen molar-refractivity contribution in [3.8, 4) is 0 Å². The zero-order valence-corrected chi connectivity index (χ0v) is 15.5. The summed E-state index contributed by atoms with van der Waals surface area (Å²) >= 11 is 0. The first-order chi connectivity index (χ1) is 13.1. The Kier molecular flexibility index (Phi) is 4.81. The van der Waals surface area contributed by atoms with Gasteiger partial charge in [-0.1, -0.05) is 0 Å². The summed E-state index contributed by atoms with van der Waals surface area (Å²) in [5.41, 5.74) is 15.8. The first-order valence-corrected chi connectivity index (χ1v) is 9.43. The molecule has 2 heterocycles. The number of hydrogen-bond donors (Lipinski definition) is 5. The number of imidazole rings is 1. The SMILES string of the molecule is Cc1cc(N)ccc1Nc1nc(NC2CCC(CN)CC2)c2[nH]cnc2n1. The minimum Gasteiger partial charge on any atom is -0.399 e. The number of aromatic amines is 1. The molecule has 1 saturated carbocycles. The lowest BCUT2D eigenvalue weighted by Crippen LogP contribution is -2.29. The molecule has 0 bridgehead atoms. The van der Waals surface area contributed by atoms with Gasteiger partial charge in [0.05, 0.1) is 6.33 Å². The smallest absolute Gasteiger partial charge is 0.231 e. The third-order valence-corrected chi connectivity index (χ3v) is 5.30. The Balaban J connectivity index is 1.58. The zero-order chi connectivity index (χ0) is 18.8. The van der Waals surface area contributed by atoms with Crippen molar-refractivity contribution in [3.05, 3.63) is 30.1 Å². The first-order valence-electron chi connectivity index (χ1n) is 9.43. The third-order valence-electron chi connectivity index (χ3n) is 5.30. The molecule has 0 spiro atoms. The Hall–Kier alpha value is -2.87. The van der Waals surface area contributed by atoms with E-state index in [1.165, 1.54) is 0 Å². The van der Waals surface area contributed by atoms with Crippen LogP contribution in [-0.4, -0.2) is 32.5 Å². The van der Waals surface area contributed by atoms with Crippen LogP contribution < -0.4 is 22.1 Å². The molecule has 0 amide bonds. The van der Waals surface area contributed by atoms with Crippen LogP contribution in [0, 0.1) is 12.8 Å². The third kappa shape index (κ3) is 3.80. The summed E-state index contributed by atoms with van der Waals surface area (Å²) in [6.07, 6.45) is 6.15. The van der Waals surface area contributed by atoms with E-state index in [2.05, 4.69) is 25.6 Å². The van der Waals surface area contributed by atoms with E-state index in [0.29, 0.717) is 23.6 Å². The van der Waals surface area contributed by atoms with Crippen LogP contribution in [-0.2, 0) is 0 Å². The Labute approximate surface area is 158 Å². The van der Waals surface area contributed by atoms with E-state index in [1.807, 2.05) is 25.1 Å². The standard InChI is InChI=1S/C19H26N8/c1-11-8-13(21)4-7-15(11)25-19-26-17-16(22-10-23-17)18(27-19)24-14-5-2-12(9-20)3-6-14/h4,7-8,10,12,14H,2-3,5-6,9,20-21H2,1H3,(H3,22,23,24,25,26,27). The molecule has 27 heavy (non-hydrogen) atoms. The van der Waals surface area contributed by atoms with Gasteiger partial charge in [0, 0.05) is 17.4 Å². The van der Waals surface area contributed by atoms with Crippen molar-refractivity contribution in [1.82, 2.24) is 19.9 Å². The highest BCUT2D eigenvalue weighted by Crippen LogP contribution is 2.28. The molecule has 2 aromatic heterocycles. The molecule has 1 aliphatic carbocycles. The van der Waals surface area contributed by atoms with Gasteiger partial charge in [-0.15, -0.1) is 0 Å². The quantitative estimate of drug-likeness (QED) is 0.439. The summed E-state index contributed by atoms with van der Waals surface area (Å²) in [5, 5.41) is 6.87. The van der Waals surface area contributed by atoms with Crippen LogP contribution in [0.25, 0.3) is 11.2 Å². The lowest BCUT2D eigenvalue weighted by atomic mass is 9.86. The lowest BCUT2D eigenvalue weighted by molar-refractivity contribution is 0.344. The number of nitrogens with zero attached hydrogens (tertiary/aromatic N) is 3. The van der Waals surface area contributed by atoms with Crippen molar-refractivity contribution < 1.29 is 0 Å². The number of hydrogen-bond acceptors (Lipinski definition) is 7. The number of aromatic nitrogens is 4. The molecule has 0 saturated heterocycles. The molecule has 0 aliphatic heterocycles. The van der Waals surface area contributed by atoms with Crippen LogP contribution in [0.4, 0.5) is 23.1 Å². The van der Waals surface area contributed by atoms with Crippen LogP contribution in [0.5, 0.6) is 0 Å². The number of aryl methyl sites for hydroxylation is 1. The predicted molar refractivity (Wildman–Crippen MR) is 109 cm³/mol. The highest BCUT2D eigenvalue weighted by molar-refractivity contribution is 5.84. The Morgan fingerprint density at radius 2 is 2.00 bits per heavy atom. The average molecular weight is 366 g/mol. The fourth-order valence-electron chi connectivity index (χ4n) is 3.68. The van der Waals surface area contributed by atoms with Crippen molar-refractivity contribution in [1.29, 1.82) is 0 Å². The van der Waals surface area contributed by atoms with Crippen molar-refractivity contribution in [3.63, 3.8) is 0 Å². The molecule has 4 rings (SSSR count). The topological polar surface area (TPSA) is 131 Å². The number of anilines is 4. The largest absolute Gasteiger partial charge is 0.399 e. The Morgan fingerprint density at radius 1 is 1.19 bits per heavy atom. The summed E-state index contributed by atoms with van der Waals surface area (Å²) in [7, 11) is 0. The first kappa shape index (κ1) is 17.5. The van der Waals surface area contributed by atoms with Gasteiger partial charge in [0.15, 0.2) is 11.5 Å². The Bertz CT molecular complexity index is 927. The number of nitrogens with one attached hydrogen (secondary N) is 3. The predicted octanol–water partition coefficient (Wildman–Crippen LogP) is 2.92. The van der Waals surface area contributed by atoms with Gasteiger partial charge < -0.3 is 27.1 Å². The summed E-state index contributed by atoms with van der Waals surface area (Å²) in [4.78, 5) is 16.7. The van der Waals surface area contributed by atoms with Gasteiger partial charge in [-0.25, -0.2) is 4.98 Å². The van der Waals surface area contributed by atoms with Crippen LogP contribution in [0.2, 0.25) is 0 Å². The minimum atomic E-state index is 0.389. The molecular weight excluding hydrogens is 340 g/mol. The second-order valence-electron chi connectivity index (χ2n) is 7.29.